The number of aryl methyl sites for hydroxylation is 2. The van der Waals surface area contributed by atoms with Crippen molar-refractivity contribution in [3.05, 3.63) is 68.6 Å². The molecular weight excluding hydrogens is 358 g/mol. The van der Waals surface area contributed by atoms with Crippen molar-refractivity contribution in [2.24, 2.45) is 7.05 Å². The zero-order chi connectivity index (χ0) is 20.2. The van der Waals surface area contributed by atoms with Gasteiger partial charge in [0.15, 0.2) is 11.2 Å². The summed E-state index contributed by atoms with van der Waals surface area (Å²) < 4.78 is 6.13. The first kappa shape index (κ1) is 17.8. The summed E-state index contributed by atoms with van der Waals surface area (Å²) in [7, 11) is 1.61. The summed E-state index contributed by atoms with van der Waals surface area (Å²) in [5, 5.41) is 10.3. The van der Waals surface area contributed by atoms with Gasteiger partial charge in [-0.05, 0) is 32.9 Å². The highest BCUT2D eigenvalue weighted by atomic mass is 16.3. The molecule has 0 saturated heterocycles. The monoisotopic (exact) mass is 379 g/mol. The molecule has 0 aliphatic heterocycles. The van der Waals surface area contributed by atoms with Crippen molar-refractivity contribution in [3.63, 3.8) is 0 Å². The quantitative estimate of drug-likeness (QED) is 0.552. The summed E-state index contributed by atoms with van der Waals surface area (Å²) in [6.45, 7) is 5.83. The van der Waals surface area contributed by atoms with E-state index in [9.17, 15) is 14.7 Å². The number of phenolic OH excluding ortho intramolecular Hbond substituents is 1. The highest BCUT2D eigenvalue weighted by Crippen LogP contribution is 2.28. The van der Waals surface area contributed by atoms with Crippen LogP contribution in [0.4, 0.5) is 0 Å². The van der Waals surface area contributed by atoms with Crippen molar-refractivity contribution in [2.75, 3.05) is 0 Å². The van der Waals surface area contributed by atoms with Crippen LogP contribution in [-0.2, 0) is 13.6 Å². The van der Waals surface area contributed by atoms with E-state index in [4.69, 9.17) is 0 Å². The molecule has 0 fully saturated rings. The van der Waals surface area contributed by atoms with Gasteiger partial charge in [0.2, 0.25) is 5.78 Å². The van der Waals surface area contributed by atoms with Crippen LogP contribution in [0.2, 0.25) is 0 Å². The van der Waals surface area contributed by atoms with E-state index in [0.717, 1.165) is 11.4 Å². The number of hydrogen-bond donors (Lipinski definition) is 1. The lowest BCUT2D eigenvalue weighted by Gasteiger charge is -2.08. The molecule has 1 N–H and O–H groups in total. The predicted octanol–water partition coefficient (Wildman–Crippen LogP) is 2.04. The third-order valence-electron chi connectivity index (χ3n) is 5.17. The molecule has 0 amide bonds. The molecule has 4 rings (SSSR count). The van der Waals surface area contributed by atoms with Crippen LogP contribution < -0.4 is 11.2 Å². The van der Waals surface area contributed by atoms with E-state index in [1.165, 1.54) is 9.13 Å². The van der Waals surface area contributed by atoms with Crippen LogP contribution in [0.5, 0.6) is 5.75 Å². The van der Waals surface area contributed by atoms with E-state index in [0.29, 0.717) is 22.6 Å². The number of nitrogens with zero attached hydrogens (tertiary/aromatic N) is 5. The highest BCUT2D eigenvalue weighted by Gasteiger charge is 2.23. The number of para-hydroxylation sites is 2. The molecule has 8 heteroatoms. The second kappa shape index (κ2) is 6.26. The fraction of sp³-hybridized carbons (Fsp3) is 0.250. The molecule has 0 unspecified atom stereocenters. The number of rotatable bonds is 3. The number of benzene rings is 1. The largest absolute Gasteiger partial charge is 0.506 e. The molecule has 0 aliphatic rings. The highest BCUT2D eigenvalue weighted by molar-refractivity contribution is 5.77. The number of imidazole rings is 2. The first-order valence-corrected chi connectivity index (χ1v) is 8.97. The molecule has 0 saturated carbocycles. The summed E-state index contributed by atoms with van der Waals surface area (Å²) in [6.07, 6.45) is 3.56. The SMILES string of the molecule is CC=CCn1c(=O)c2c(nc3n(-c4ccccc4O)c(C)c(C)n23)n(C)c1=O. The van der Waals surface area contributed by atoms with Crippen molar-refractivity contribution in [1.29, 1.82) is 0 Å². The van der Waals surface area contributed by atoms with Crippen LogP contribution in [0.3, 0.4) is 0 Å². The molecule has 144 valence electrons. The second-order valence-electron chi connectivity index (χ2n) is 6.74. The van der Waals surface area contributed by atoms with Gasteiger partial charge in [-0.3, -0.25) is 22.9 Å². The molecule has 3 heterocycles. The normalized spacial score (nSPS) is 12.0. The summed E-state index contributed by atoms with van der Waals surface area (Å²) in [5.74, 6) is 0.580. The molecule has 28 heavy (non-hydrogen) atoms. The van der Waals surface area contributed by atoms with Crippen molar-refractivity contribution in [3.8, 4) is 11.4 Å². The summed E-state index contributed by atoms with van der Waals surface area (Å²) in [5.41, 5.74) is 2.08. The standard InChI is InChI=1S/C20H21N5O3/c1-5-6-11-23-18(27)16-17(22(4)20(23)28)21-19-24(12(2)13(3)25(16)19)14-9-7-8-10-15(14)26/h5-10,26H,11H2,1-4H3. The van der Waals surface area contributed by atoms with Gasteiger partial charge in [0.25, 0.3) is 5.56 Å². The Balaban J connectivity index is 2.20. The lowest BCUT2D eigenvalue weighted by molar-refractivity contribution is 0.472. The van der Waals surface area contributed by atoms with Crippen LogP contribution in [0.15, 0.2) is 46.0 Å². The first-order chi connectivity index (χ1) is 13.4. The second-order valence-corrected chi connectivity index (χ2v) is 6.74. The van der Waals surface area contributed by atoms with Crippen LogP contribution in [0.25, 0.3) is 22.6 Å². The molecule has 0 spiro atoms. The van der Waals surface area contributed by atoms with Crippen LogP contribution in [0, 0.1) is 13.8 Å². The summed E-state index contributed by atoms with van der Waals surface area (Å²) >= 11 is 0. The van der Waals surface area contributed by atoms with Gasteiger partial charge in [-0.2, -0.15) is 4.98 Å². The van der Waals surface area contributed by atoms with Crippen molar-refractivity contribution < 1.29 is 5.11 Å². The van der Waals surface area contributed by atoms with Gasteiger partial charge in [-0.1, -0.05) is 24.3 Å². The van der Waals surface area contributed by atoms with Gasteiger partial charge in [0.1, 0.15) is 5.75 Å². The van der Waals surface area contributed by atoms with Crippen molar-refractivity contribution >= 4 is 16.9 Å². The maximum absolute atomic E-state index is 13.2. The Morgan fingerprint density at radius 2 is 1.86 bits per heavy atom. The number of aromatic nitrogens is 5. The smallest absolute Gasteiger partial charge is 0.332 e. The van der Waals surface area contributed by atoms with E-state index in [1.54, 1.807) is 46.4 Å². The van der Waals surface area contributed by atoms with E-state index in [1.807, 2.05) is 26.8 Å². The predicted molar refractivity (Wildman–Crippen MR) is 107 cm³/mol. The Morgan fingerprint density at radius 1 is 1.14 bits per heavy atom. The minimum absolute atomic E-state index is 0.106. The average molecular weight is 379 g/mol. The molecule has 8 nitrogen and oxygen atoms in total. The third kappa shape index (κ3) is 2.27. The van der Waals surface area contributed by atoms with Crippen LogP contribution in [0.1, 0.15) is 18.3 Å². The van der Waals surface area contributed by atoms with Gasteiger partial charge in [0, 0.05) is 25.0 Å². The van der Waals surface area contributed by atoms with E-state index in [-0.39, 0.29) is 17.9 Å². The van der Waals surface area contributed by atoms with Gasteiger partial charge in [-0.25, -0.2) is 4.79 Å². The minimum atomic E-state index is -0.417. The molecule has 4 aromatic rings. The molecule has 1 aromatic carbocycles. The van der Waals surface area contributed by atoms with Crippen LogP contribution in [-0.4, -0.2) is 28.2 Å². The number of aromatic hydroxyl groups is 1. The van der Waals surface area contributed by atoms with E-state index in [2.05, 4.69) is 4.98 Å². The Bertz CT molecular complexity index is 1380. The van der Waals surface area contributed by atoms with E-state index >= 15 is 0 Å². The topological polar surface area (TPSA) is 86.5 Å². The molecule has 0 radical (unpaired) electrons. The maximum Gasteiger partial charge on any atom is 0.332 e. The van der Waals surface area contributed by atoms with Crippen LogP contribution >= 0.6 is 0 Å². The lowest BCUT2D eigenvalue weighted by atomic mass is 10.2. The molecule has 0 atom stereocenters. The molecule has 0 aliphatic carbocycles. The minimum Gasteiger partial charge on any atom is -0.506 e. The molecule has 0 bridgehead atoms. The lowest BCUT2D eigenvalue weighted by Crippen LogP contribution is -2.39. The average Bonchev–Trinajstić information content (AvgIpc) is 3.17. The van der Waals surface area contributed by atoms with Gasteiger partial charge >= 0.3 is 5.69 Å². The Kier molecular flexibility index (Phi) is 3.99. The van der Waals surface area contributed by atoms with E-state index < -0.39 is 5.69 Å². The van der Waals surface area contributed by atoms with Gasteiger partial charge in [-0.15, -0.1) is 0 Å². The van der Waals surface area contributed by atoms with Crippen molar-refractivity contribution in [1.82, 2.24) is 23.1 Å². The third-order valence-corrected chi connectivity index (χ3v) is 5.17. The fourth-order valence-electron chi connectivity index (χ4n) is 3.56. The molecular formula is C20H21N5O3. The molecule has 3 aromatic heterocycles. The zero-order valence-corrected chi connectivity index (χ0v) is 16.2. The number of allylic oxidation sites excluding steroid dienone is 2. The Hall–Kier alpha value is -3.55. The maximum atomic E-state index is 13.2. The summed E-state index contributed by atoms with van der Waals surface area (Å²) in [4.78, 5) is 30.4. The first-order valence-electron chi connectivity index (χ1n) is 8.97. The number of hydrogen-bond acceptors (Lipinski definition) is 4. The Morgan fingerprint density at radius 3 is 2.54 bits per heavy atom. The Labute approximate surface area is 160 Å². The number of fused-ring (bicyclic) bond motifs is 3. The fourth-order valence-corrected chi connectivity index (χ4v) is 3.56. The van der Waals surface area contributed by atoms with Gasteiger partial charge < -0.3 is 5.11 Å². The zero-order valence-electron chi connectivity index (χ0n) is 16.2. The van der Waals surface area contributed by atoms with Crippen molar-refractivity contribution in [2.45, 2.75) is 27.3 Å². The van der Waals surface area contributed by atoms with Gasteiger partial charge in [0.05, 0.1) is 5.69 Å². The summed E-state index contributed by atoms with van der Waals surface area (Å²) in [6, 6.07) is 6.95. The number of phenols is 1.